The van der Waals surface area contributed by atoms with Crippen LogP contribution in [0.4, 0.5) is 10.1 Å². The Morgan fingerprint density at radius 3 is 2.39 bits per heavy atom. The molecule has 0 bridgehead atoms. The first-order valence-corrected chi connectivity index (χ1v) is 11.0. The topological polar surface area (TPSA) is 83.1 Å². The van der Waals surface area contributed by atoms with E-state index in [9.17, 15) is 14.0 Å². The first-order chi connectivity index (χ1) is 16.0. The van der Waals surface area contributed by atoms with Crippen LogP contribution in [0.5, 0.6) is 17.2 Å². The fraction of sp³-hybridized carbons (Fsp3) is 0.250. The van der Waals surface area contributed by atoms with Crippen LogP contribution in [-0.2, 0) is 16.0 Å². The van der Waals surface area contributed by atoms with Gasteiger partial charge in [-0.1, -0.05) is 6.07 Å². The number of thiophene rings is 1. The Morgan fingerprint density at radius 2 is 1.73 bits per heavy atom. The summed E-state index contributed by atoms with van der Waals surface area (Å²) in [6, 6.07) is 12.4. The normalized spacial score (nSPS) is 10.4. The number of anilines is 1. The number of carbonyl (C=O) groups excluding carboxylic acids is 2. The maximum Gasteiger partial charge on any atom is 0.340 e. The first kappa shape index (κ1) is 24.1. The fourth-order valence-corrected chi connectivity index (χ4v) is 3.64. The van der Waals surface area contributed by atoms with Crippen LogP contribution in [0.15, 0.2) is 53.9 Å². The van der Waals surface area contributed by atoms with Crippen LogP contribution in [0.1, 0.15) is 21.7 Å². The third kappa shape index (κ3) is 6.95. The summed E-state index contributed by atoms with van der Waals surface area (Å²) in [5.41, 5.74) is 0.411. The molecule has 0 aliphatic carbocycles. The summed E-state index contributed by atoms with van der Waals surface area (Å²) in [6.07, 6.45) is 0.609. The second kappa shape index (κ2) is 11.9. The number of nitrogens with one attached hydrogen (secondary N) is 1. The zero-order valence-electron chi connectivity index (χ0n) is 18.3. The third-order valence-corrected chi connectivity index (χ3v) is 5.41. The van der Waals surface area contributed by atoms with E-state index in [4.69, 9.17) is 18.9 Å². The Kier molecular flexibility index (Phi) is 8.65. The first-order valence-electron chi connectivity index (χ1n) is 10.1. The smallest absolute Gasteiger partial charge is 0.340 e. The summed E-state index contributed by atoms with van der Waals surface area (Å²) >= 11 is 1.47. The van der Waals surface area contributed by atoms with Gasteiger partial charge in [-0.05, 0) is 35.7 Å². The summed E-state index contributed by atoms with van der Waals surface area (Å²) in [5.74, 6) is -0.00747. The molecule has 1 N–H and O–H groups in total. The fourth-order valence-electron chi connectivity index (χ4n) is 2.94. The van der Waals surface area contributed by atoms with E-state index in [0.29, 0.717) is 23.7 Å². The Labute approximate surface area is 195 Å². The average molecular weight is 474 g/mol. The van der Waals surface area contributed by atoms with Gasteiger partial charge in [-0.25, -0.2) is 9.18 Å². The lowest BCUT2D eigenvalue weighted by Gasteiger charge is -2.15. The highest BCUT2D eigenvalue weighted by atomic mass is 32.1. The number of rotatable bonds is 11. The lowest BCUT2D eigenvalue weighted by atomic mass is 10.1. The van der Waals surface area contributed by atoms with Gasteiger partial charge in [0.2, 0.25) is 5.91 Å². The number of amides is 1. The number of carbonyl (C=O) groups is 2. The molecule has 3 aromatic rings. The minimum Gasteiger partial charge on any atom is -0.493 e. The number of benzene rings is 2. The highest BCUT2D eigenvalue weighted by Gasteiger charge is 2.20. The predicted octanol–water partition coefficient (Wildman–Crippen LogP) is 4.71. The van der Waals surface area contributed by atoms with Crippen molar-refractivity contribution in [3.8, 4) is 17.2 Å². The quantitative estimate of drug-likeness (QED) is 0.321. The summed E-state index contributed by atoms with van der Waals surface area (Å²) in [6.45, 7) is 0.381. The molecule has 174 valence electrons. The second-order valence-electron chi connectivity index (χ2n) is 6.85. The van der Waals surface area contributed by atoms with Gasteiger partial charge in [0.15, 0.2) is 11.5 Å². The molecule has 0 aliphatic heterocycles. The molecule has 2 aromatic carbocycles. The van der Waals surface area contributed by atoms with Gasteiger partial charge < -0.3 is 24.3 Å². The van der Waals surface area contributed by atoms with Crippen LogP contribution in [0.2, 0.25) is 0 Å². The largest absolute Gasteiger partial charge is 0.493 e. The summed E-state index contributed by atoms with van der Waals surface area (Å²) in [7, 11) is 2.92. The van der Waals surface area contributed by atoms with E-state index in [2.05, 4.69) is 5.32 Å². The molecule has 0 saturated carbocycles. The van der Waals surface area contributed by atoms with Crippen LogP contribution in [0.25, 0.3) is 0 Å². The zero-order chi connectivity index (χ0) is 23.6. The third-order valence-electron chi connectivity index (χ3n) is 4.54. The minimum absolute atomic E-state index is 0.0942. The van der Waals surface area contributed by atoms with E-state index >= 15 is 0 Å². The SMILES string of the molecule is COc1cc(NC(=O)Cc2cccs2)c(C(=O)OCCCOc2ccc(F)cc2)cc1OC. The van der Waals surface area contributed by atoms with Gasteiger partial charge in [-0.3, -0.25) is 4.79 Å². The van der Waals surface area contributed by atoms with Crippen molar-refractivity contribution in [1.29, 1.82) is 0 Å². The summed E-state index contributed by atoms with van der Waals surface area (Å²) in [4.78, 5) is 26.1. The van der Waals surface area contributed by atoms with Crippen LogP contribution in [-0.4, -0.2) is 39.3 Å². The standard InChI is InChI=1S/C24H24FNO6S/c1-29-21-14-19(24(28)32-11-4-10-31-17-8-6-16(25)7-9-17)20(15-22(21)30-2)26-23(27)13-18-5-3-12-33-18/h3,5-9,12,14-15H,4,10-11,13H2,1-2H3,(H,26,27). The van der Waals surface area contributed by atoms with Gasteiger partial charge in [0.05, 0.1) is 45.1 Å². The maximum atomic E-state index is 12.9. The lowest BCUT2D eigenvalue weighted by molar-refractivity contribution is -0.115. The molecule has 3 rings (SSSR count). The number of esters is 1. The van der Waals surface area contributed by atoms with Crippen LogP contribution < -0.4 is 19.5 Å². The van der Waals surface area contributed by atoms with Gasteiger partial charge in [0.1, 0.15) is 11.6 Å². The Balaban J connectivity index is 1.62. The Bertz CT molecular complexity index is 1070. The highest BCUT2D eigenvalue weighted by Crippen LogP contribution is 2.34. The van der Waals surface area contributed by atoms with Gasteiger partial charge >= 0.3 is 5.97 Å². The van der Waals surface area contributed by atoms with E-state index in [1.807, 2.05) is 17.5 Å². The Morgan fingerprint density at radius 1 is 1.00 bits per heavy atom. The van der Waals surface area contributed by atoms with E-state index in [1.54, 1.807) is 0 Å². The van der Waals surface area contributed by atoms with Gasteiger partial charge in [0, 0.05) is 23.4 Å². The van der Waals surface area contributed by atoms with E-state index in [-0.39, 0.29) is 42.6 Å². The number of methoxy groups -OCH3 is 2. The second-order valence-corrected chi connectivity index (χ2v) is 7.88. The molecule has 0 spiro atoms. The van der Waals surface area contributed by atoms with Crippen LogP contribution in [0.3, 0.4) is 0 Å². The molecule has 1 heterocycles. The van der Waals surface area contributed by atoms with E-state index in [1.165, 1.54) is 62.0 Å². The molecule has 1 aromatic heterocycles. The predicted molar refractivity (Wildman–Crippen MR) is 123 cm³/mol. The molecule has 0 unspecified atom stereocenters. The maximum absolute atomic E-state index is 12.9. The average Bonchev–Trinajstić information content (AvgIpc) is 3.32. The number of halogens is 1. The number of hydrogen-bond donors (Lipinski definition) is 1. The van der Waals surface area contributed by atoms with Crippen LogP contribution in [0, 0.1) is 5.82 Å². The summed E-state index contributed by atoms with van der Waals surface area (Å²) in [5, 5.41) is 4.65. The number of ether oxygens (including phenoxy) is 4. The highest BCUT2D eigenvalue weighted by molar-refractivity contribution is 7.10. The summed E-state index contributed by atoms with van der Waals surface area (Å²) < 4.78 is 34.4. The molecule has 7 nitrogen and oxygen atoms in total. The molecule has 0 saturated heterocycles. The van der Waals surface area contributed by atoms with Crippen molar-refractivity contribution in [2.24, 2.45) is 0 Å². The lowest BCUT2D eigenvalue weighted by Crippen LogP contribution is -2.18. The van der Waals surface area contributed by atoms with Crippen molar-refractivity contribution < 1.29 is 32.9 Å². The molecule has 0 atom stereocenters. The van der Waals surface area contributed by atoms with Crippen LogP contribution >= 0.6 is 11.3 Å². The molecule has 0 radical (unpaired) electrons. The van der Waals surface area contributed by atoms with Crippen molar-refractivity contribution in [3.63, 3.8) is 0 Å². The molecule has 0 fully saturated rings. The minimum atomic E-state index is -0.621. The number of hydrogen-bond acceptors (Lipinski definition) is 7. The zero-order valence-corrected chi connectivity index (χ0v) is 19.1. The van der Waals surface area contributed by atoms with Crippen molar-refractivity contribution in [1.82, 2.24) is 0 Å². The van der Waals surface area contributed by atoms with Gasteiger partial charge in [-0.15, -0.1) is 11.3 Å². The van der Waals surface area contributed by atoms with Crippen molar-refractivity contribution in [2.75, 3.05) is 32.8 Å². The van der Waals surface area contributed by atoms with Gasteiger partial charge in [-0.2, -0.15) is 0 Å². The van der Waals surface area contributed by atoms with Crippen molar-refractivity contribution in [2.45, 2.75) is 12.8 Å². The van der Waals surface area contributed by atoms with Crippen molar-refractivity contribution >= 4 is 28.9 Å². The molecular formula is C24H24FNO6S. The molecular weight excluding hydrogens is 449 g/mol. The molecule has 9 heteroatoms. The Hall–Kier alpha value is -3.59. The molecule has 0 aliphatic rings. The van der Waals surface area contributed by atoms with Gasteiger partial charge in [0.25, 0.3) is 0 Å². The van der Waals surface area contributed by atoms with E-state index < -0.39 is 5.97 Å². The molecule has 33 heavy (non-hydrogen) atoms. The monoisotopic (exact) mass is 473 g/mol. The van der Waals surface area contributed by atoms with E-state index in [0.717, 1.165) is 4.88 Å². The molecule has 1 amide bonds. The van der Waals surface area contributed by atoms with Crippen molar-refractivity contribution in [3.05, 3.63) is 70.2 Å².